The molecule has 1 heterocycles. The molecule has 18 nitrogen and oxygen atoms in total. The van der Waals surface area contributed by atoms with Crippen LogP contribution in [0, 0.1) is 40.5 Å². The highest BCUT2D eigenvalue weighted by Gasteiger charge is 2.25. The Labute approximate surface area is 300 Å². The SMILES string of the molecule is CC(=O)N(C)C.O=[N+]([O-])c1cc([N+](=O)[O-])c2cc1oc1cc3ccccc3cc1oc1cc(oc3cc4ccccc4cc3o2)c([N+](=O)[O-])cc1[N+](=O)[O-]. The van der Waals surface area contributed by atoms with Gasteiger partial charge < -0.3 is 22.6 Å². The molecule has 7 rings (SSSR count). The number of fused-ring (bicyclic) bond motifs is 8. The summed E-state index contributed by atoms with van der Waals surface area (Å²) in [6.45, 7) is 1.53. The van der Waals surface area contributed by atoms with Crippen LogP contribution in [0.25, 0.3) is 66.2 Å². The smallest absolute Gasteiger partial charge is 0.318 e. The average molecular weight is 736 g/mol. The minimum Gasteiger partial charge on any atom is -0.446 e. The predicted octanol–water partition coefficient (Wildman–Crippen LogP) is 9.52. The summed E-state index contributed by atoms with van der Waals surface area (Å²) in [4.78, 5) is 56.6. The largest absolute Gasteiger partial charge is 0.446 e. The van der Waals surface area contributed by atoms with E-state index in [-0.39, 0.29) is 28.2 Å². The first-order valence-electron chi connectivity index (χ1n) is 15.6. The normalized spacial score (nSPS) is 10.8. The van der Waals surface area contributed by atoms with E-state index in [2.05, 4.69) is 0 Å². The summed E-state index contributed by atoms with van der Waals surface area (Å²) in [7, 11) is 3.45. The third-order valence-corrected chi connectivity index (χ3v) is 8.00. The monoisotopic (exact) mass is 735 g/mol. The zero-order valence-electron chi connectivity index (χ0n) is 28.3. The highest BCUT2D eigenvalue weighted by atomic mass is 16.6. The summed E-state index contributed by atoms with van der Waals surface area (Å²) >= 11 is 0. The molecule has 7 aromatic rings. The van der Waals surface area contributed by atoms with Gasteiger partial charge in [-0.15, -0.1) is 0 Å². The molecule has 0 saturated carbocycles. The van der Waals surface area contributed by atoms with Crippen molar-refractivity contribution in [3.63, 3.8) is 0 Å². The van der Waals surface area contributed by atoms with Gasteiger partial charge in [-0.2, -0.15) is 0 Å². The van der Waals surface area contributed by atoms with Crippen molar-refractivity contribution in [1.82, 2.24) is 4.90 Å². The molecule has 0 radical (unpaired) electrons. The Hall–Kier alpha value is -7.89. The second-order valence-corrected chi connectivity index (χ2v) is 11.7. The van der Waals surface area contributed by atoms with Crippen LogP contribution in [0.1, 0.15) is 6.92 Å². The fourth-order valence-corrected chi connectivity index (χ4v) is 5.17. The molecule has 0 atom stereocenters. The van der Waals surface area contributed by atoms with Crippen LogP contribution in [0.15, 0.2) is 115 Å². The van der Waals surface area contributed by atoms with Crippen LogP contribution in [-0.4, -0.2) is 44.6 Å². The van der Waals surface area contributed by atoms with Gasteiger partial charge in [-0.25, -0.2) is 0 Å². The third kappa shape index (κ3) is 7.28. The minimum atomic E-state index is -0.880. The fourth-order valence-electron chi connectivity index (χ4n) is 5.17. The predicted molar refractivity (Wildman–Crippen MR) is 196 cm³/mol. The number of amides is 1. The van der Waals surface area contributed by atoms with Gasteiger partial charge >= 0.3 is 22.7 Å². The summed E-state index contributed by atoms with van der Waals surface area (Å²) in [5.74, 6) is 0.0926. The van der Waals surface area contributed by atoms with Crippen molar-refractivity contribution < 1.29 is 42.2 Å². The molecule has 0 unspecified atom stereocenters. The zero-order chi connectivity index (χ0) is 38.8. The first kappa shape index (κ1) is 35.9. The number of nitrogens with zero attached hydrogens (tertiary/aromatic N) is 5. The molecule has 1 aromatic heterocycles. The topological polar surface area (TPSA) is 245 Å². The molecule has 0 N–H and O–H groups in total. The highest BCUT2D eigenvalue weighted by Crippen LogP contribution is 2.36. The maximum atomic E-state index is 12.1. The molecular weight excluding hydrogens is 710 g/mol. The van der Waals surface area contributed by atoms with Gasteiger partial charge in [0.2, 0.25) is 28.2 Å². The number of benzene rings is 6. The van der Waals surface area contributed by atoms with Crippen molar-refractivity contribution in [2.24, 2.45) is 0 Å². The quantitative estimate of drug-likeness (QED) is 0.121. The zero-order valence-corrected chi connectivity index (χ0v) is 28.3. The lowest BCUT2D eigenvalue weighted by Crippen LogP contribution is -2.17. The molecule has 0 aliphatic carbocycles. The number of hydrogen-bond acceptors (Lipinski definition) is 13. The van der Waals surface area contributed by atoms with Gasteiger partial charge in [-0.3, -0.25) is 45.3 Å². The van der Waals surface area contributed by atoms with Crippen LogP contribution < -0.4 is 0 Å². The number of non-ortho nitro benzene ring substituents is 4. The van der Waals surface area contributed by atoms with E-state index >= 15 is 0 Å². The summed E-state index contributed by atoms with van der Waals surface area (Å²) in [5, 5.41) is 50.9. The van der Waals surface area contributed by atoms with E-state index in [1.807, 2.05) is 0 Å². The lowest BCUT2D eigenvalue weighted by molar-refractivity contribution is -0.393. The summed E-state index contributed by atoms with van der Waals surface area (Å²) in [6, 6.07) is 22.6. The molecule has 0 aliphatic heterocycles. The molecule has 18 heteroatoms. The van der Waals surface area contributed by atoms with Crippen molar-refractivity contribution in [1.29, 1.82) is 0 Å². The van der Waals surface area contributed by atoms with E-state index < -0.39 is 64.8 Å². The fraction of sp³-hybridized carbons (Fsp3) is 0.0833. The van der Waals surface area contributed by atoms with Gasteiger partial charge in [0.1, 0.15) is 12.1 Å². The number of nitro groups is 4. The number of carbonyl (C=O) groups is 1. The van der Waals surface area contributed by atoms with E-state index in [1.54, 1.807) is 62.6 Å². The van der Waals surface area contributed by atoms with Gasteiger partial charge in [0, 0.05) is 33.2 Å². The van der Waals surface area contributed by atoms with Gasteiger partial charge in [0.15, 0.2) is 22.3 Å². The second kappa shape index (κ2) is 14.4. The molecule has 0 aliphatic rings. The first-order valence-corrected chi connectivity index (χ1v) is 15.6. The molecule has 0 fully saturated rings. The summed E-state index contributed by atoms with van der Waals surface area (Å²) in [5.41, 5.74) is -5.86. The van der Waals surface area contributed by atoms with Crippen molar-refractivity contribution >= 4 is 94.9 Å². The maximum absolute atomic E-state index is 12.1. The van der Waals surface area contributed by atoms with Gasteiger partial charge in [0.05, 0.1) is 19.7 Å². The summed E-state index contributed by atoms with van der Waals surface area (Å²) < 4.78 is 24.0. The molecular formula is C36H25N5O13. The van der Waals surface area contributed by atoms with Crippen LogP contribution in [0.4, 0.5) is 22.7 Å². The van der Waals surface area contributed by atoms with E-state index in [0.29, 0.717) is 33.7 Å². The van der Waals surface area contributed by atoms with E-state index in [1.165, 1.54) is 36.1 Å². The van der Waals surface area contributed by atoms with Crippen molar-refractivity contribution in [2.75, 3.05) is 14.1 Å². The lowest BCUT2D eigenvalue weighted by Gasteiger charge is -2.03. The van der Waals surface area contributed by atoms with Crippen LogP contribution in [0.2, 0.25) is 0 Å². The van der Waals surface area contributed by atoms with Crippen molar-refractivity contribution in [2.45, 2.75) is 6.92 Å². The molecule has 54 heavy (non-hydrogen) atoms. The Morgan fingerprint density at radius 1 is 0.444 bits per heavy atom. The lowest BCUT2D eigenvalue weighted by atomic mass is 10.1. The Balaban J connectivity index is 0.000000767. The molecule has 0 saturated heterocycles. The van der Waals surface area contributed by atoms with Crippen LogP contribution in [0.5, 0.6) is 0 Å². The number of rotatable bonds is 4. The van der Waals surface area contributed by atoms with Crippen molar-refractivity contribution in [3.8, 4) is 0 Å². The second-order valence-electron chi connectivity index (χ2n) is 11.7. The number of carbonyl (C=O) groups excluding carboxylic acids is 1. The molecule has 272 valence electrons. The average Bonchev–Trinajstić information content (AvgIpc) is 3.11. The Morgan fingerprint density at radius 3 is 0.852 bits per heavy atom. The van der Waals surface area contributed by atoms with E-state index in [0.717, 1.165) is 12.1 Å². The standard InChI is InChI=1S/C32H16N4O12.C4H9NO/c37-33(38)21-13-23(35(41)42)27-15-25(21)45-29-9-17-5-1-2-6-18(17)10-30(29)46-26-16-28(24(36(43)44)14-22(26)34(39)40)48-32-12-20-8-4-3-7-19(20)11-31(32)47-27;1-4(6)5(2)3/h1-16H;1-3H3. The highest BCUT2D eigenvalue weighted by molar-refractivity contribution is 5.96. The van der Waals surface area contributed by atoms with Crippen molar-refractivity contribution in [3.05, 3.63) is 138 Å². The van der Waals surface area contributed by atoms with Crippen LogP contribution in [0.3, 0.4) is 0 Å². The molecule has 4 bridgehead atoms. The minimum absolute atomic E-state index is 0.0926. The molecule has 1 amide bonds. The Kier molecular flexibility index (Phi) is 9.57. The first-order chi connectivity index (χ1) is 25.7. The van der Waals surface area contributed by atoms with Gasteiger partial charge in [-0.05, 0) is 45.8 Å². The van der Waals surface area contributed by atoms with Gasteiger partial charge in [0.25, 0.3) is 0 Å². The third-order valence-electron chi connectivity index (χ3n) is 8.00. The molecule has 6 aromatic carbocycles. The maximum Gasteiger partial charge on any atom is 0.318 e. The van der Waals surface area contributed by atoms with E-state index in [4.69, 9.17) is 17.7 Å². The Bertz CT molecular complexity index is 2520. The van der Waals surface area contributed by atoms with Crippen LogP contribution >= 0.6 is 0 Å². The van der Waals surface area contributed by atoms with Crippen LogP contribution in [-0.2, 0) is 4.79 Å². The number of hydrogen-bond donors (Lipinski definition) is 0. The Morgan fingerprint density at radius 2 is 0.667 bits per heavy atom. The summed E-state index contributed by atoms with van der Waals surface area (Å²) in [6.07, 6.45) is 0. The number of nitro benzene ring substituents is 4. The van der Waals surface area contributed by atoms with E-state index in [9.17, 15) is 45.3 Å². The van der Waals surface area contributed by atoms with Gasteiger partial charge in [-0.1, -0.05) is 48.5 Å². The molecule has 0 spiro atoms.